The van der Waals surface area contributed by atoms with Gasteiger partial charge >= 0.3 is 0 Å². The van der Waals surface area contributed by atoms with E-state index in [1.807, 2.05) is 12.1 Å². The average Bonchev–Trinajstić information content (AvgIpc) is 3.06. The number of halogens is 1. The van der Waals surface area contributed by atoms with Gasteiger partial charge in [0.15, 0.2) is 0 Å². The third-order valence-corrected chi connectivity index (χ3v) is 3.11. The van der Waals surface area contributed by atoms with Gasteiger partial charge < -0.3 is 15.1 Å². The minimum Gasteiger partial charge on any atom is -0.467 e. The molecule has 0 radical (unpaired) electrons. The zero-order valence-corrected chi connectivity index (χ0v) is 11.8. The Hall–Kier alpha value is -2.89. The average molecular weight is 298 g/mol. The lowest BCUT2D eigenvalue weighted by atomic mass is 10.2. The van der Waals surface area contributed by atoms with Crippen molar-refractivity contribution in [3.8, 4) is 0 Å². The van der Waals surface area contributed by atoms with E-state index in [1.165, 1.54) is 12.4 Å². The monoisotopic (exact) mass is 298 g/mol. The molecule has 0 unspecified atom stereocenters. The first-order chi connectivity index (χ1) is 10.8. The van der Waals surface area contributed by atoms with Crippen molar-refractivity contribution in [3.63, 3.8) is 0 Å². The summed E-state index contributed by atoms with van der Waals surface area (Å²) in [6.07, 6.45) is 3.08. The van der Waals surface area contributed by atoms with Crippen LogP contribution in [0.1, 0.15) is 11.3 Å². The number of nitrogens with one attached hydrogen (secondary N) is 2. The molecule has 2 heterocycles. The first kappa shape index (κ1) is 14.1. The van der Waals surface area contributed by atoms with Crippen LogP contribution in [-0.2, 0) is 13.1 Å². The Balaban J connectivity index is 1.60. The molecule has 0 saturated heterocycles. The fourth-order valence-corrected chi connectivity index (χ4v) is 1.97. The third kappa shape index (κ3) is 3.60. The smallest absolute Gasteiger partial charge is 0.131 e. The lowest BCUT2D eigenvalue weighted by Gasteiger charge is -2.08. The van der Waals surface area contributed by atoms with Crippen molar-refractivity contribution in [2.75, 3.05) is 10.6 Å². The molecular formula is C16H15FN4O. The molecule has 3 rings (SSSR count). The van der Waals surface area contributed by atoms with E-state index in [2.05, 4.69) is 20.6 Å². The molecule has 0 fully saturated rings. The van der Waals surface area contributed by atoms with Gasteiger partial charge in [0.2, 0.25) is 0 Å². The van der Waals surface area contributed by atoms with Crippen LogP contribution in [0.15, 0.2) is 59.5 Å². The van der Waals surface area contributed by atoms with Gasteiger partial charge in [-0.15, -0.1) is 0 Å². The van der Waals surface area contributed by atoms with Crippen LogP contribution >= 0.6 is 0 Å². The van der Waals surface area contributed by atoms with Crippen molar-refractivity contribution < 1.29 is 8.81 Å². The van der Waals surface area contributed by atoms with Crippen LogP contribution in [-0.4, -0.2) is 9.97 Å². The summed E-state index contributed by atoms with van der Waals surface area (Å²) in [6.45, 7) is 0.901. The van der Waals surface area contributed by atoms with Crippen molar-refractivity contribution in [1.82, 2.24) is 9.97 Å². The third-order valence-electron chi connectivity index (χ3n) is 3.11. The quantitative estimate of drug-likeness (QED) is 0.730. The highest BCUT2D eigenvalue weighted by Crippen LogP contribution is 2.13. The van der Waals surface area contributed by atoms with E-state index in [0.717, 1.165) is 5.76 Å². The largest absolute Gasteiger partial charge is 0.467 e. The van der Waals surface area contributed by atoms with E-state index < -0.39 is 0 Å². The van der Waals surface area contributed by atoms with Crippen molar-refractivity contribution in [2.24, 2.45) is 0 Å². The number of rotatable bonds is 6. The van der Waals surface area contributed by atoms with Crippen molar-refractivity contribution in [2.45, 2.75) is 13.1 Å². The molecule has 0 aliphatic heterocycles. The second-order valence-electron chi connectivity index (χ2n) is 4.67. The van der Waals surface area contributed by atoms with E-state index in [4.69, 9.17) is 4.42 Å². The van der Waals surface area contributed by atoms with Crippen LogP contribution < -0.4 is 10.6 Å². The fraction of sp³-hybridized carbons (Fsp3) is 0.125. The number of nitrogens with zero attached hydrogens (tertiary/aromatic N) is 2. The molecule has 0 spiro atoms. The second kappa shape index (κ2) is 6.71. The molecule has 0 atom stereocenters. The summed E-state index contributed by atoms with van der Waals surface area (Å²) in [7, 11) is 0. The molecule has 2 aromatic heterocycles. The van der Waals surface area contributed by atoms with Gasteiger partial charge in [-0.1, -0.05) is 18.2 Å². The summed E-state index contributed by atoms with van der Waals surface area (Å²) in [6, 6.07) is 12.1. The number of aromatic nitrogens is 2. The van der Waals surface area contributed by atoms with Gasteiger partial charge in [0.1, 0.15) is 29.5 Å². The van der Waals surface area contributed by atoms with Crippen molar-refractivity contribution in [1.29, 1.82) is 0 Å². The summed E-state index contributed by atoms with van der Waals surface area (Å²) in [5.74, 6) is 1.88. The van der Waals surface area contributed by atoms with Crippen LogP contribution in [0.25, 0.3) is 0 Å². The van der Waals surface area contributed by atoms with E-state index in [9.17, 15) is 4.39 Å². The predicted octanol–water partition coefficient (Wildman–Crippen LogP) is 3.43. The summed E-state index contributed by atoms with van der Waals surface area (Å²) >= 11 is 0. The molecule has 0 bridgehead atoms. The normalized spacial score (nSPS) is 10.4. The van der Waals surface area contributed by atoms with E-state index in [0.29, 0.717) is 30.3 Å². The minimum absolute atomic E-state index is 0.236. The van der Waals surface area contributed by atoms with Gasteiger partial charge in [0, 0.05) is 18.2 Å². The van der Waals surface area contributed by atoms with Crippen LogP contribution in [0, 0.1) is 5.82 Å². The molecule has 6 heteroatoms. The molecule has 22 heavy (non-hydrogen) atoms. The lowest BCUT2D eigenvalue weighted by molar-refractivity contribution is 0.518. The number of anilines is 2. The molecule has 3 aromatic rings. The molecule has 1 aromatic carbocycles. The fourth-order valence-electron chi connectivity index (χ4n) is 1.97. The van der Waals surface area contributed by atoms with E-state index in [-0.39, 0.29) is 5.82 Å². The summed E-state index contributed by atoms with van der Waals surface area (Å²) in [5.41, 5.74) is 0.589. The Bertz CT molecular complexity index is 731. The molecule has 0 aliphatic carbocycles. The maximum atomic E-state index is 13.6. The van der Waals surface area contributed by atoms with Gasteiger partial charge in [-0.05, 0) is 18.2 Å². The molecule has 0 aliphatic rings. The summed E-state index contributed by atoms with van der Waals surface area (Å²) < 4.78 is 18.8. The second-order valence-corrected chi connectivity index (χ2v) is 4.67. The van der Waals surface area contributed by atoms with Crippen molar-refractivity contribution in [3.05, 3.63) is 72.2 Å². The lowest BCUT2D eigenvalue weighted by Crippen LogP contribution is -2.05. The predicted molar refractivity (Wildman–Crippen MR) is 81.8 cm³/mol. The standard InChI is InChI=1S/C16H15FN4O/c17-14-6-2-1-4-12(14)9-18-15-8-16(21-11-20-15)19-10-13-5-3-7-22-13/h1-8,11H,9-10H2,(H2,18,19,20,21). The number of furan rings is 1. The highest BCUT2D eigenvalue weighted by molar-refractivity contribution is 5.46. The maximum absolute atomic E-state index is 13.6. The van der Waals surface area contributed by atoms with Gasteiger partial charge in [-0.25, -0.2) is 14.4 Å². The summed E-state index contributed by atoms with van der Waals surface area (Å²) in [5, 5.41) is 6.22. The van der Waals surface area contributed by atoms with Gasteiger partial charge in [0.25, 0.3) is 0 Å². The van der Waals surface area contributed by atoms with Crippen molar-refractivity contribution >= 4 is 11.6 Å². The Kier molecular flexibility index (Phi) is 4.29. The first-order valence-corrected chi connectivity index (χ1v) is 6.87. The van der Waals surface area contributed by atoms with Crippen LogP contribution in [0.2, 0.25) is 0 Å². The topological polar surface area (TPSA) is 63.0 Å². The van der Waals surface area contributed by atoms with Gasteiger partial charge in [-0.3, -0.25) is 0 Å². The number of hydrogen-bond donors (Lipinski definition) is 2. The zero-order valence-electron chi connectivity index (χ0n) is 11.8. The Labute approximate surface area is 127 Å². The summed E-state index contributed by atoms with van der Waals surface area (Å²) in [4.78, 5) is 8.25. The molecule has 5 nitrogen and oxygen atoms in total. The molecule has 2 N–H and O–H groups in total. The Morgan fingerprint density at radius 1 is 0.955 bits per heavy atom. The van der Waals surface area contributed by atoms with E-state index >= 15 is 0 Å². The van der Waals surface area contributed by atoms with Crippen LogP contribution in [0.5, 0.6) is 0 Å². The molecular weight excluding hydrogens is 283 g/mol. The molecule has 112 valence electrons. The number of hydrogen-bond acceptors (Lipinski definition) is 5. The highest BCUT2D eigenvalue weighted by Gasteiger charge is 2.03. The van der Waals surface area contributed by atoms with Crippen LogP contribution in [0.4, 0.5) is 16.0 Å². The van der Waals surface area contributed by atoms with Gasteiger partial charge in [0.05, 0.1) is 12.8 Å². The van der Waals surface area contributed by atoms with Gasteiger partial charge in [-0.2, -0.15) is 0 Å². The minimum atomic E-state index is -0.236. The van der Waals surface area contributed by atoms with E-state index in [1.54, 1.807) is 30.5 Å². The first-order valence-electron chi connectivity index (χ1n) is 6.87. The Morgan fingerprint density at radius 2 is 1.73 bits per heavy atom. The maximum Gasteiger partial charge on any atom is 0.131 e. The molecule has 0 saturated carbocycles. The SMILES string of the molecule is Fc1ccccc1CNc1cc(NCc2ccco2)ncn1. The molecule has 0 amide bonds. The Morgan fingerprint density at radius 3 is 2.45 bits per heavy atom. The zero-order chi connectivity index (χ0) is 15.2. The number of benzene rings is 1. The highest BCUT2D eigenvalue weighted by atomic mass is 19.1. The van der Waals surface area contributed by atoms with Crippen LogP contribution in [0.3, 0.4) is 0 Å².